The molecule has 7 nitrogen and oxygen atoms in total. The minimum absolute atomic E-state index is 0.174. The molecule has 162 valence electrons. The first-order valence-electron chi connectivity index (χ1n) is 10.8. The normalized spacial score (nSPS) is 22.3. The van der Waals surface area contributed by atoms with Gasteiger partial charge in [0.05, 0.1) is 0 Å². The highest BCUT2D eigenvalue weighted by Crippen LogP contribution is 2.28. The van der Waals surface area contributed by atoms with E-state index in [-0.39, 0.29) is 18.2 Å². The molecule has 2 atom stereocenters. The lowest BCUT2D eigenvalue weighted by Gasteiger charge is -2.43. The number of hydrogen-bond acceptors (Lipinski definition) is 5. The van der Waals surface area contributed by atoms with Gasteiger partial charge in [0, 0.05) is 43.2 Å². The zero-order valence-corrected chi connectivity index (χ0v) is 18.0. The number of halogens is 1. The van der Waals surface area contributed by atoms with Crippen LogP contribution in [0.5, 0.6) is 5.75 Å². The van der Waals surface area contributed by atoms with Crippen LogP contribution in [0.2, 0.25) is 5.02 Å². The third kappa shape index (κ3) is 5.46. The first-order valence-corrected chi connectivity index (χ1v) is 11.1. The van der Waals surface area contributed by atoms with Crippen molar-refractivity contribution >= 4 is 23.4 Å². The first kappa shape index (κ1) is 21.0. The monoisotopic (exact) mass is 432 g/mol. The van der Waals surface area contributed by atoms with Crippen molar-refractivity contribution < 1.29 is 14.1 Å². The molecule has 1 aliphatic carbocycles. The Kier molecular flexibility index (Phi) is 6.79. The minimum atomic E-state index is -0.213. The molecule has 2 N–H and O–H groups in total. The van der Waals surface area contributed by atoms with Crippen LogP contribution in [0.25, 0.3) is 0 Å². The van der Waals surface area contributed by atoms with Crippen molar-refractivity contribution in [2.24, 2.45) is 5.92 Å². The molecule has 1 aliphatic heterocycles. The van der Waals surface area contributed by atoms with Gasteiger partial charge in [0.25, 0.3) is 0 Å². The van der Waals surface area contributed by atoms with Crippen LogP contribution in [0.1, 0.15) is 38.4 Å². The second-order valence-electron chi connectivity index (χ2n) is 8.19. The number of amides is 2. The molecule has 0 unspecified atom stereocenters. The van der Waals surface area contributed by atoms with Gasteiger partial charge < -0.3 is 14.6 Å². The molecule has 0 bridgehead atoms. The Labute approximate surface area is 182 Å². The molecule has 30 heavy (non-hydrogen) atoms. The van der Waals surface area contributed by atoms with E-state index in [4.69, 9.17) is 20.9 Å². The van der Waals surface area contributed by atoms with Crippen LogP contribution in [0, 0.1) is 5.92 Å². The molecule has 1 saturated heterocycles. The maximum absolute atomic E-state index is 12.4. The minimum Gasteiger partial charge on any atom is -0.488 e. The van der Waals surface area contributed by atoms with Gasteiger partial charge in [0.1, 0.15) is 17.6 Å². The summed E-state index contributed by atoms with van der Waals surface area (Å²) >= 11 is 5.92. The molecule has 2 aromatic rings. The van der Waals surface area contributed by atoms with E-state index in [1.165, 1.54) is 6.42 Å². The number of carbonyl (C=O) groups is 1. The number of aryl methyl sites for hydroxylation is 1. The maximum Gasteiger partial charge on any atom is 0.320 e. The molecule has 1 aromatic heterocycles. The summed E-state index contributed by atoms with van der Waals surface area (Å²) < 4.78 is 11.1. The number of nitrogens with one attached hydrogen (secondary N) is 2. The summed E-state index contributed by atoms with van der Waals surface area (Å²) in [7, 11) is 0. The number of nitrogens with zero attached hydrogens (tertiary/aromatic N) is 2. The van der Waals surface area contributed by atoms with E-state index in [9.17, 15) is 4.79 Å². The SMILES string of the molecule is CCc1cc(NC(=O)N[C@@H]2CCCC[C@@H]2CN2CC(Oc3ccc(Cl)cc3)C2)no1. The third-order valence-corrected chi connectivity index (χ3v) is 6.16. The average Bonchev–Trinajstić information content (AvgIpc) is 3.16. The molecule has 2 aliphatic rings. The zero-order valence-electron chi connectivity index (χ0n) is 17.3. The Balaban J connectivity index is 1.23. The summed E-state index contributed by atoms with van der Waals surface area (Å²) in [4.78, 5) is 14.8. The molecule has 2 heterocycles. The summed E-state index contributed by atoms with van der Waals surface area (Å²) in [6, 6.07) is 9.23. The fraction of sp³-hybridized carbons (Fsp3) is 0.545. The number of aromatic nitrogens is 1. The van der Waals surface area contributed by atoms with E-state index in [0.717, 1.165) is 56.8 Å². The van der Waals surface area contributed by atoms with Crippen LogP contribution >= 0.6 is 11.6 Å². The van der Waals surface area contributed by atoms with Crippen molar-refractivity contribution in [3.8, 4) is 5.75 Å². The van der Waals surface area contributed by atoms with Crippen LogP contribution in [0.3, 0.4) is 0 Å². The van der Waals surface area contributed by atoms with Gasteiger partial charge in [-0.25, -0.2) is 4.79 Å². The van der Waals surface area contributed by atoms with Gasteiger partial charge in [-0.1, -0.05) is 36.5 Å². The summed E-state index contributed by atoms with van der Waals surface area (Å²) in [5.41, 5.74) is 0. The molecule has 4 rings (SSSR count). The van der Waals surface area contributed by atoms with Crippen molar-refractivity contribution in [1.82, 2.24) is 15.4 Å². The number of rotatable bonds is 7. The standard InChI is InChI=1S/C22H29ClN4O3/c1-2-17-11-21(26-30-17)25-22(28)24-20-6-4-3-5-15(20)12-27-13-19(14-27)29-18-9-7-16(23)8-10-18/h7-11,15,19-20H,2-6,12-14H2,1H3,(H2,24,25,26,28)/t15-,20-/m1/s1. The Bertz CT molecular complexity index is 835. The topological polar surface area (TPSA) is 79.6 Å². The zero-order chi connectivity index (χ0) is 20.9. The summed E-state index contributed by atoms with van der Waals surface area (Å²) in [6.07, 6.45) is 5.47. The number of benzene rings is 1. The Morgan fingerprint density at radius 1 is 1.27 bits per heavy atom. The van der Waals surface area contributed by atoms with Crippen LogP contribution < -0.4 is 15.4 Å². The summed E-state index contributed by atoms with van der Waals surface area (Å²) in [5, 5.41) is 10.5. The first-order chi connectivity index (χ1) is 14.6. The highest BCUT2D eigenvalue weighted by molar-refractivity contribution is 6.30. The molecule has 2 amide bonds. The van der Waals surface area contributed by atoms with Gasteiger partial charge >= 0.3 is 6.03 Å². The number of hydrogen-bond donors (Lipinski definition) is 2. The van der Waals surface area contributed by atoms with Gasteiger partial charge in [-0.05, 0) is 43.0 Å². The molecule has 2 fully saturated rings. The van der Waals surface area contributed by atoms with Gasteiger partial charge in [0.2, 0.25) is 0 Å². The number of urea groups is 1. The molecular weight excluding hydrogens is 404 g/mol. The Morgan fingerprint density at radius 2 is 2.03 bits per heavy atom. The molecular formula is C22H29ClN4O3. The number of anilines is 1. The molecule has 8 heteroatoms. The summed E-state index contributed by atoms with van der Waals surface area (Å²) in [6.45, 7) is 4.79. The highest BCUT2D eigenvalue weighted by atomic mass is 35.5. The molecule has 0 radical (unpaired) electrons. The van der Waals surface area contributed by atoms with Gasteiger partial charge in [-0.15, -0.1) is 0 Å². The van der Waals surface area contributed by atoms with Crippen molar-refractivity contribution in [3.63, 3.8) is 0 Å². The quantitative estimate of drug-likeness (QED) is 0.680. The lowest BCUT2D eigenvalue weighted by atomic mass is 9.83. The predicted molar refractivity (Wildman–Crippen MR) is 116 cm³/mol. The fourth-order valence-electron chi connectivity index (χ4n) is 4.26. The Hall–Kier alpha value is -2.25. The van der Waals surface area contributed by atoms with Gasteiger partial charge in [0.15, 0.2) is 5.82 Å². The van der Waals surface area contributed by atoms with E-state index in [1.807, 2.05) is 31.2 Å². The lowest BCUT2D eigenvalue weighted by molar-refractivity contribution is 0.00323. The lowest BCUT2D eigenvalue weighted by Crippen LogP contribution is -2.57. The molecule has 1 aromatic carbocycles. The number of carbonyl (C=O) groups excluding carboxylic acids is 1. The van der Waals surface area contributed by atoms with Crippen molar-refractivity contribution in [2.75, 3.05) is 25.0 Å². The van der Waals surface area contributed by atoms with Crippen molar-refractivity contribution in [3.05, 3.63) is 41.1 Å². The van der Waals surface area contributed by atoms with Crippen LogP contribution in [-0.2, 0) is 6.42 Å². The van der Waals surface area contributed by atoms with Crippen molar-refractivity contribution in [1.29, 1.82) is 0 Å². The highest BCUT2D eigenvalue weighted by Gasteiger charge is 2.34. The van der Waals surface area contributed by atoms with Gasteiger partial charge in [-0.2, -0.15) is 0 Å². The van der Waals surface area contributed by atoms with Crippen LogP contribution in [-0.4, -0.2) is 47.9 Å². The summed E-state index contributed by atoms with van der Waals surface area (Å²) in [5.74, 6) is 2.53. The molecule has 1 saturated carbocycles. The number of ether oxygens (including phenoxy) is 1. The van der Waals surface area contributed by atoms with E-state index in [0.29, 0.717) is 16.8 Å². The van der Waals surface area contributed by atoms with Crippen LogP contribution in [0.15, 0.2) is 34.9 Å². The smallest absolute Gasteiger partial charge is 0.320 e. The second kappa shape index (κ2) is 9.71. The van der Waals surface area contributed by atoms with Crippen molar-refractivity contribution in [2.45, 2.75) is 51.2 Å². The van der Waals surface area contributed by atoms with E-state index >= 15 is 0 Å². The van der Waals surface area contributed by atoms with E-state index in [2.05, 4.69) is 20.7 Å². The fourth-order valence-corrected chi connectivity index (χ4v) is 4.38. The van der Waals surface area contributed by atoms with E-state index in [1.54, 1.807) is 6.07 Å². The third-order valence-electron chi connectivity index (χ3n) is 5.91. The average molecular weight is 433 g/mol. The van der Waals surface area contributed by atoms with E-state index < -0.39 is 0 Å². The largest absolute Gasteiger partial charge is 0.488 e. The van der Waals surface area contributed by atoms with Gasteiger partial charge in [-0.3, -0.25) is 10.2 Å². The molecule has 0 spiro atoms. The second-order valence-corrected chi connectivity index (χ2v) is 8.63. The number of likely N-dealkylation sites (tertiary alicyclic amines) is 1. The van der Waals surface area contributed by atoms with Crippen LogP contribution in [0.4, 0.5) is 10.6 Å². The Morgan fingerprint density at radius 3 is 2.77 bits per heavy atom. The predicted octanol–water partition coefficient (Wildman–Crippen LogP) is 4.33. The maximum atomic E-state index is 12.4.